The molecule has 3 heteroatoms. The summed E-state index contributed by atoms with van der Waals surface area (Å²) in [6, 6.07) is 10.2. The lowest BCUT2D eigenvalue weighted by atomic mass is 10.2. The van der Waals surface area contributed by atoms with E-state index in [0.29, 0.717) is 13.2 Å². The molecule has 0 saturated heterocycles. The van der Waals surface area contributed by atoms with E-state index in [1.54, 1.807) is 0 Å². The zero-order valence-electron chi connectivity index (χ0n) is 12.0. The van der Waals surface area contributed by atoms with Crippen molar-refractivity contribution in [2.45, 2.75) is 32.6 Å². The summed E-state index contributed by atoms with van der Waals surface area (Å²) in [6.07, 6.45) is 1.54. The fourth-order valence-corrected chi connectivity index (χ4v) is 1.88. The molecule has 1 unspecified atom stereocenters. The molecule has 1 aromatic rings. The Balaban J connectivity index is 2.45. The van der Waals surface area contributed by atoms with Crippen LogP contribution in [-0.4, -0.2) is 41.9 Å². The third-order valence-electron chi connectivity index (χ3n) is 2.73. The van der Waals surface area contributed by atoms with Crippen molar-refractivity contribution >= 4 is 0 Å². The Hall–Kier alpha value is -1.16. The van der Waals surface area contributed by atoms with E-state index in [-0.39, 0.29) is 6.10 Å². The van der Waals surface area contributed by atoms with Gasteiger partial charge in [0, 0.05) is 19.6 Å². The summed E-state index contributed by atoms with van der Waals surface area (Å²) in [5.41, 5.74) is 1.24. The van der Waals surface area contributed by atoms with Crippen molar-refractivity contribution in [2.24, 2.45) is 0 Å². The van der Waals surface area contributed by atoms with Crippen LogP contribution < -0.4 is 0 Å². The van der Waals surface area contributed by atoms with E-state index in [1.165, 1.54) is 5.56 Å². The van der Waals surface area contributed by atoms with Crippen LogP contribution in [0.3, 0.4) is 0 Å². The molecule has 19 heavy (non-hydrogen) atoms. The second kappa shape index (κ2) is 8.86. The van der Waals surface area contributed by atoms with Gasteiger partial charge in [-0.05, 0) is 19.4 Å². The fraction of sp³-hybridized carbons (Fsp3) is 0.500. The van der Waals surface area contributed by atoms with E-state index in [2.05, 4.69) is 23.6 Å². The number of aliphatic hydroxyl groups is 1. The maximum Gasteiger partial charge on any atom is 0.0900 e. The maximum absolute atomic E-state index is 9.97. The molecule has 1 N–H and O–H groups in total. The number of aliphatic hydroxyl groups excluding tert-OH is 1. The summed E-state index contributed by atoms with van der Waals surface area (Å²) in [5.74, 6) is 0. The molecule has 0 spiro atoms. The minimum atomic E-state index is -0.467. The molecule has 0 fully saturated rings. The number of nitrogens with zero attached hydrogens (tertiary/aromatic N) is 1. The predicted molar refractivity (Wildman–Crippen MR) is 79.0 cm³/mol. The minimum Gasteiger partial charge on any atom is -0.389 e. The number of hydrogen-bond acceptors (Lipinski definition) is 3. The van der Waals surface area contributed by atoms with Crippen molar-refractivity contribution in [1.29, 1.82) is 0 Å². The molecule has 0 aromatic heterocycles. The van der Waals surface area contributed by atoms with Crippen LogP contribution in [0, 0.1) is 0 Å². The van der Waals surface area contributed by atoms with Gasteiger partial charge in [-0.2, -0.15) is 0 Å². The number of rotatable bonds is 9. The number of benzene rings is 1. The monoisotopic (exact) mass is 263 g/mol. The lowest BCUT2D eigenvalue weighted by molar-refractivity contribution is -0.00808. The van der Waals surface area contributed by atoms with Gasteiger partial charge in [0.15, 0.2) is 0 Å². The first-order valence-electron chi connectivity index (χ1n) is 6.78. The molecule has 0 aliphatic rings. The molecule has 3 nitrogen and oxygen atoms in total. The van der Waals surface area contributed by atoms with Crippen LogP contribution >= 0.6 is 0 Å². The highest BCUT2D eigenvalue weighted by atomic mass is 16.5. The average molecular weight is 263 g/mol. The number of ether oxygens (including phenoxy) is 1. The molecular formula is C16H25NO2. The summed E-state index contributed by atoms with van der Waals surface area (Å²) in [5, 5.41) is 9.97. The molecule has 0 saturated carbocycles. The molecule has 0 radical (unpaired) electrons. The summed E-state index contributed by atoms with van der Waals surface area (Å²) >= 11 is 0. The highest BCUT2D eigenvalue weighted by Crippen LogP contribution is 2.06. The summed E-state index contributed by atoms with van der Waals surface area (Å²) in [7, 11) is 0. The van der Waals surface area contributed by atoms with Gasteiger partial charge in [-0.25, -0.2) is 0 Å². The van der Waals surface area contributed by atoms with Gasteiger partial charge < -0.3 is 9.84 Å². The molecule has 106 valence electrons. The second-order valence-corrected chi connectivity index (χ2v) is 5.00. The molecule has 1 atom stereocenters. The Bertz CT molecular complexity index is 351. The van der Waals surface area contributed by atoms with Crippen LogP contribution in [0.15, 0.2) is 43.0 Å². The molecule has 0 heterocycles. The van der Waals surface area contributed by atoms with Gasteiger partial charge in [0.2, 0.25) is 0 Å². The Morgan fingerprint density at radius 3 is 2.58 bits per heavy atom. The lowest BCUT2D eigenvalue weighted by Crippen LogP contribution is -2.35. The first-order chi connectivity index (χ1) is 9.11. The van der Waals surface area contributed by atoms with E-state index in [4.69, 9.17) is 4.74 Å². The van der Waals surface area contributed by atoms with Crippen LogP contribution in [0.4, 0.5) is 0 Å². The molecule has 0 aliphatic heterocycles. The molecule has 0 amide bonds. The van der Waals surface area contributed by atoms with Crippen LogP contribution in [0.25, 0.3) is 0 Å². The van der Waals surface area contributed by atoms with Gasteiger partial charge in [0.1, 0.15) is 0 Å². The largest absolute Gasteiger partial charge is 0.389 e. The molecule has 0 aliphatic carbocycles. The first kappa shape index (κ1) is 15.9. The fourth-order valence-electron chi connectivity index (χ4n) is 1.88. The molecular weight excluding hydrogens is 238 g/mol. The third-order valence-corrected chi connectivity index (χ3v) is 2.73. The Morgan fingerprint density at radius 1 is 1.32 bits per heavy atom. The molecule has 1 aromatic carbocycles. The van der Waals surface area contributed by atoms with Gasteiger partial charge in [0.25, 0.3) is 0 Å². The lowest BCUT2D eigenvalue weighted by Gasteiger charge is -2.24. The van der Waals surface area contributed by atoms with Crippen molar-refractivity contribution in [2.75, 3.05) is 19.7 Å². The molecule has 0 bridgehead atoms. The van der Waals surface area contributed by atoms with Crippen molar-refractivity contribution in [3.8, 4) is 0 Å². The van der Waals surface area contributed by atoms with Crippen LogP contribution in [0.1, 0.15) is 19.4 Å². The SMILES string of the molecule is C=CCN(Cc1ccccc1)CC(O)COC(C)C. The van der Waals surface area contributed by atoms with Gasteiger partial charge in [-0.15, -0.1) is 6.58 Å². The normalized spacial score (nSPS) is 12.9. The summed E-state index contributed by atoms with van der Waals surface area (Å²) in [4.78, 5) is 2.16. The maximum atomic E-state index is 9.97. The van der Waals surface area contributed by atoms with E-state index in [1.807, 2.05) is 38.1 Å². The van der Waals surface area contributed by atoms with Gasteiger partial charge >= 0.3 is 0 Å². The highest BCUT2D eigenvalue weighted by molar-refractivity contribution is 5.14. The van der Waals surface area contributed by atoms with Crippen LogP contribution in [0.2, 0.25) is 0 Å². The summed E-state index contributed by atoms with van der Waals surface area (Å²) in [6.45, 7) is 10.2. The third kappa shape index (κ3) is 7.11. The van der Waals surface area contributed by atoms with E-state index in [0.717, 1.165) is 13.1 Å². The second-order valence-electron chi connectivity index (χ2n) is 5.00. The van der Waals surface area contributed by atoms with E-state index < -0.39 is 6.10 Å². The standard InChI is InChI=1S/C16H25NO2/c1-4-10-17(11-15-8-6-5-7-9-15)12-16(18)13-19-14(2)3/h4-9,14,16,18H,1,10-13H2,2-3H3. The first-order valence-corrected chi connectivity index (χ1v) is 6.78. The van der Waals surface area contributed by atoms with Crippen molar-refractivity contribution in [1.82, 2.24) is 4.90 Å². The quantitative estimate of drug-likeness (QED) is 0.695. The van der Waals surface area contributed by atoms with Gasteiger partial charge in [-0.1, -0.05) is 36.4 Å². The van der Waals surface area contributed by atoms with Gasteiger partial charge in [0.05, 0.1) is 18.8 Å². The van der Waals surface area contributed by atoms with Crippen LogP contribution in [0.5, 0.6) is 0 Å². The Labute approximate surface area is 116 Å². The van der Waals surface area contributed by atoms with Crippen molar-refractivity contribution < 1.29 is 9.84 Å². The van der Waals surface area contributed by atoms with E-state index >= 15 is 0 Å². The minimum absolute atomic E-state index is 0.150. The zero-order valence-corrected chi connectivity index (χ0v) is 12.0. The Kier molecular flexibility index (Phi) is 7.41. The van der Waals surface area contributed by atoms with Gasteiger partial charge in [-0.3, -0.25) is 4.90 Å². The Morgan fingerprint density at radius 2 is 2.00 bits per heavy atom. The predicted octanol–water partition coefficient (Wildman–Crippen LogP) is 2.46. The zero-order chi connectivity index (χ0) is 14.1. The van der Waals surface area contributed by atoms with Crippen molar-refractivity contribution in [3.05, 3.63) is 48.6 Å². The average Bonchev–Trinajstić information content (AvgIpc) is 2.38. The van der Waals surface area contributed by atoms with Crippen molar-refractivity contribution in [3.63, 3.8) is 0 Å². The smallest absolute Gasteiger partial charge is 0.0900 e. The highest BCUT2D eigenvalue weighted by Gasteiger charge is 2.12. The topological polar surface area (TPSA) is 32.7 Å². The summed E-state index contributed by atoms with van der Waals surface area (Å²) < 4.78 is 5.43. The molecule has 1 rings (SSSR count). The van der Waals surface area contributed by atoms with E-state index in [9.17, 15) is 5.11 Å². The number of hydrogen-bond donors (Lipinski definition) is 1. The van der Waals surface area contributed by atoms with Crippen LogP contribution in [-0.2, 0) is 11.3 Å².